The van der Waals surface area contributed by atoms with Crippen molar-refractivity contribution < 1.29 is 0 Å². The number of hydrogen-bond acceptors (Lipinski definition) is 3. The van der Waals surface area contributed by atoms with E-state index in [0.29, 0.717) is 5.92 Å². The Bertz CT molecular complexity index is 250. The van der Waals surface area contributed by atoms with E-state index in [1.165, 1.54) is 9.35 Å². The molecule has 0 aliphatic heterocycles. The molecule has 74 valence electrons. The average Bonchev–Trinajstić information content (AvgIpc) is 2.51. The molecule has 0 saturated heterocycles. The molecule has 0 aliphatic rings. The van der Waals surface area contributed by atoms with Crippen LogP contribution in [0.3, 0.4) is 0 Å². The summed E-state index contributed by atoms with van der Waals surface area (Å²) in [7, 11) is 0. The van der Waals surface area contributed by atoms with Gasteiger partial charge in [0.2, 0.25) is 0 Å². The highest BCUT2D eigenvalue weighted by Gasteiger charge is 2.01. The van der Waals surface area contributed by atoms with Gasteiger partial charge in [0, 0.05) is 5.75 Å². The average molecular weight is 280 g/mol. The van der Waals surface area contributed by atoms with E-state index in [1.54, 1.807) is 11.3 Å². The van der Waals surface area contributed by atoms with Gasteiger partial charge in [-0.15, -0.1) is 11.3 Å². The van der Waals surface area contributed by atoms with Crippen molar-refractivity contribution in [2.45, 2.75) is 12.7 Å². The Morgan fingerprint density at radius 3 is 3.00 bits per heavy atom. The minimum absolute atomic E-state index is 0.632. The van der Waals surface area contributed by atoms with Crippen molar-refractivity contribution in [1.29, 1.82) is 0 Å². The molecule has 1 nitrogen and oxygen atoms in total. The van der Waals surface area contributed by atoms with Crippen molar-refractivity contribution in [3.63, 3.8) is 0 Å². The highest BCUT2D eigenvalue weighted by Crippen LogP contribution is 2.24. The van der Waals surface area contributed by atoms with Gasteiger partial charge >= 0.3 is 0 Å². The Hall–Kier alpha value is 0.490. The van der Waals surface area contributed by atoms with Gasteiger partial charge in [0.1, 0.15) is 0 Å². The molecule has 0 saturated carbocycles. The maximum Gasteiger partial charge on any atom is 0.0701 e. The van der Waals surface area contributed by atoms with Gasteiger partial charge in [-0.3, -0.25) is 0 Å². The molecule has 0 amide bonds. The van der Waals surface area contributed by atoms with Gasteiger partial charge in [-0.25, -0.2) is 0 Å². The van der Waals surface area contributed by atoms with Crippen molar-refractivity contribution in [2.24, 2.45) is 11.7 Å². The number of halogens is 1. The first-order valence-corrected chi connectivity index (χ1v) is 7.06. The Morgan fingerprint density at radius 1 is 1.69 bits per heavy atom. The molecule has 0 aromatic carbocycles. The van der Waals surface area contributed by atoms with Crippen molar-refractivity contribution in [1.82, 2.24) is 0 Å². The fourth-order valence-corrected chi connectivity index (χ4v) is 3.24. The second-order valence-electron chi connectivity index (χ2n) is 3.12. The first-order chi connectivity index (χ1) is 6.22. The molecule has 1 atom stereocenters. The van der Waals surface area contributed by atoms with Crippen LogP contribution in [0.5, 0.6) is 0 Å². The number of thiophene rings is 1. The zero-order valence-electron chi connectivity index (χ0n) is 7.63. The van der Waals surface area contributed by atoms with Crippen LogP contribution >= 0.6 is 39.0 Å². The lowest BCUT2D eigenvalue weighted by Gasteiger charge is -2.06. The summed E-state index contributed by atoms with van der Waals surface area (Å²) in [5, 5.41) is 2.20. The summed E-state index contributed by atoms with van der Waals surface area (Å²) in [5.41, 5.74) is 6.95. The van der Waals surface area contributed by atoms with E-state index in [-0.39, 0.29) is 0 Å². The topological polar surface area (TPSA) is 26.0 Å². The van der Waals surface area contributed by atoms with E-state index < -0.39 is 0 Å². The van der Waals surface area contributed by atoms with Gasteiger partial charge in [0.05, 0.1) is 3.79 Å². The largest absolute Gasteiger partial charge is 0.330 e. The Morgan fingerprint density at radius 2 is 2.46 bits per heavy atom. The lowest BCUT2D eigenvalue weighted by Crippen LogP contribution is -2.12. The second kappa shape index (κ2) is 6.06. The van der Waals surface area contributed by atoms with E-state index >= 15 is 0 Å². The standard InChI is InChI=1S/C9H14BrNS2/c1-7(3-11)4-12-5-8-2-9(10)13-6-8/h2,6-7H,3-5,11H2,1H3. The molecule has 1 aromatic rings. The van der Waals surface area contributed by atoms with Gasteiger partial charge in [0.15, 0.2) is 0 Å². The zero-order chi connectivity index (χ0) is 9.68. The van der Waals surface area contributed by atoms with E-state index in [2.05, 4.69) is 34.3 Å². The summed E-state index contributed by atoms with van der Waals surface area (Å²) in [6, 6.07) is 2.19. The third-order valence-corrected chi connectivity index (χ3v) is 4.59. The van der Waals surface area contributed by atoms with E-state index in [0.717, 1.165) is 18.1 Å². The second-order valence-corrected chi connectivity index (χ2v) is 6.44. The molecule has 1 heterocycles. The van der Waals surface area contributed by atoms with Crippen LogP contribution < -0.4 is 5.73 Å². The summed E-state index contributed by atoms with van der Waals surface area (Å²) in [6.45, 7) is 2.98. The van der Waals surface area contributed by atoms with Crippen molar-refractivity contribution in [3.05, 3.63) is 20.8 Å². The monoisotopic (exact) mass is 279 g/mol. The Kier molecular flexibility index (Phi) is 5.39. The van der Waals surface area contributed by atoms with Crippen LogP contribution in [-0.4, -0.2) is 12.3 Å². The molecule has 0 aliphatic carbocycles. The highest BCUT2D eigenvalue weighted by molar-refractivity contribution is 9.11. The lowest BCUT2D eigenvalue weighted by molar-refractivity contribution is 0.675. The lowest BCUT2D eigenvalue weighted by atomic mass is 10.2. The van der Waals surface area contributed by atoms with E-state index in [9.17, 15) is 0 Å². The molecule has 0 spiro atoms. The third kappa shape index (κ3) is 4.49. The van der Waals surface area contributed by atoms with Crippen LogP contribution in [0.1, 0.15) is 12.5 Å². The molecular formula is C9H14BrNS2. The van der Waals surface area contributed by atoms with Gasteiger partial charge in [-0.1, -0.05) is 6.92 Å². The fourth-order valence-electron chi connectivity index (χ4n) is 0.867. The van der Waals surface area contributed by atoms with Crippen molar-refractivity contribution in [2.75, 3.05) is 12.3 Å². The molecule has 0 radical (unpaired) electrons. The van der Waals surface area contributed by atoms with Crippen molar-refractivity contribution >= 4 is 39.0 Å². The minimum atomic E-state index is 0.632. The number of nitrogens with two attached hydrogens (primary N) is 1. The highest BCUT2D eigenvalue weighted by atomic mass is 79.9. The van der Waals surface area contributed by atoms with E-state index in [1.807, 2.05) is 11.8 Å². The first kappa shape index (κ1) is 11.6. The quantitative estimate of drug-likeness (QED) is 0.895. The molecule has 0 bridgehead atoms. The third-order valence-electron chi connectivity index (χ3n) is 1.70. The maximum absolute atomic E-state index is 5.54. The van der Waals surface area contributed by atoms with E-state index in [4.69, 9.17) is 5.73 Å². The van der Waals surface area contributed by atoms with Crippen LogP contribution in [0.25, 0.3) is 0 Å². The molecule has 1 rings (SSSR count). The molecule has 1 aromatic heterocycles. The Labute approximate surface area is 96.2 Å². The van der Waals surface area contributed by atoms with Crippen LogP contribution in [0.2, 0.25) is 0 Å². The van der Waals surface area contributed by atoms with Crippen LogP contribution in [0.4, 0.5) is 0 Å². The molecule has 13 heavy (non-hydrogen) atoms. The number of thioether (sulfide) groups is 1. The number of hydrogen-bond donors (Lipinski definition) is 1. The molecule has 2 N–H and O–H groups in total. The SMILES string of the molecule is CC(CN)CSCc1csc(Br)c1. The molecular weight excluding hydrogens is 266 g/mol. The predicted octanol–water partition coefficient (Wildman–Crippen LogP) is 3.34. The number of rotatable bonds is 5. The van der Waals surface area contributed by atoms with Crippen LogP contribution in [-0.2, 0) is 5.75 Å². The van der Waals surface area contributed by atoms with Crippen molar-refractivity contribution in [3.8, 4) is 0 Å². The Balaban J connectivity index is 2.20. The first-order valence-electron chi connectivity index (χ1n) is 4.23. The molecule has 0 fully saturated rings. The van der Waals surface area contributed by atoms with Crippen LogP contribution in [0.15, 0.2) is 15.2 Å². The van der Waals surface area contributed by atoms with Gasteiger partial charge in [-0.2, -0.15) is 11.8 Å². The minimum Gasteiger partial charge on any atom is -0.330 e. The smallest absolute Gasteiger partial charge is 0.0701 e. The zero-order valence-corrected chi connectivity index (χ0v) is 10.8. The van der Waals surface area contributed by atoms with Gasteiger partial charge < -0.3 is 5.73 Å². The van der Waals surface area contributed by atoms with Gasteiger partial charge in [0.25, 0.3) is 0 Å². The summed E-state index contributed by atoms with van der Waals surface area (Å²) >= 11 is 7.16. The van der Waals surface area contributed by atoms with Crippen LogP contribution in [0, 0.1) is 5.92 Å². The molecule has 1 unspecified atom stereocenters. The summed E-state index contributed by atoms with van der Waals surface area (Å²) in [6.07, 6.45) is 0. The fraction of sp³-hybridized carbons (Fsp3) is 0.556. The summed E-state index contributed by atoms with van der Waals surface area (Å²) in [5.74, 6) is 2.89. The summed E-state index contributed by atoms with van der Waals surface area (Å²) < 4.78 is 1.22. The maximum atomic E-state index is 5.54. The molecule has 4 heteroatoms. The normalized spacial score (nSPS) is 13.2. The predicted molar refractivity (Wildman–Crippen MR) is 66.4 cm³/mol. The summed E-state index contributed by atoms with van der Waals surface area (Å²) in [4.78, 5) is 0. The van der Waals surface area contributed by atoms with Gasteiger partial charge in [-0.05, 0) is 51.2 Å².